The molecule has 1 unspecified atom stereocenters. The molecule has 96 valence electrons. The van der Waals surface area contributed by atoms with E-state index in [-0.39, 0.29) is 0 Å². The molecule has 0 aliphatic carbocycles. The zero-order chi connectivity index (χ0) is 13.0. The minimum absolute atomic E-state index is 0.724. The van der Waals surface area contributed by atoms with E-state index in [1.54, 1.807) is 6.20 Å². The van der Waals surface area contributed by atoms with Gasteiger partial charge in [0, 0.05) is 11.6 Å². The van der Waals surface area contributed by atoms with Crippen molar-refractivity contribution in [3.05, 3.63) is 42.1 Å². The lowest BCUT2D eigenvalue weighted by Gasteiger charge is -2.28. The van der Waals surface area contributed by atoms with Gasteiger partial charge >= 0.3 is 0 Å². The number of aromatic nitrogens is 1. The Hall–Kier alpha value is -1.41. The van der Waals surface area contributed by atoms with E-state index in [9.17, 15) is 5.11 Å². The quantitative estimate of drug-likeness (QED) is 0.860. The second kappa shape index (κ2) is 5.49. The number of hydrogen-bond acceptors (Lipinski definition) is 2. The van der Waals surface area contributed by atoms with Crippen LogP contribution in [0.15, 0.2) is 36.5 Å². The van der Waals surface area contributed by atoms with E-state index >= 15 is 0 Å². The molecule has 1 heterocycles. The van der Waals surface area contributed by atoms with Gasteiger partial charge < -0.3 is 5.11 Å². The van der Waals surface area contributed by atoms with Gasteiger partial charge in [-0.2, -0.15) is 0 Å². The van der Waals surface area contributed by atoms with Crippen LogP contribution in [0, 0.1) is 0 Å². The van der Waals surface area contributed by atoms with Gasteiger partial charge in [-0.1, -0.05) is 44.9 Å². The van der Waals surface area contributed by atoms with Gasteiger partial charge in [-0.15, -0.1) is 0 Å². The van der Waals surface area contributed by atoms with Crippen LogP contribution in [0.4, 0.5) is 0 Å². The van der Waals surface area contributed by atoms with E-state index in [2.05, 4.69) is 11.9 Å². The van der Waals surface area contributed by atoms with Crippen molar-refractivity contribution < 1.29 is 5.11 Å². The molecular weight excluding hydrogens is 222 g/mol. The highest BCUT2D eigenvalue weighted by Gasteiger charge is 2.28. The van der Waals surface area contributed by atoms with Crippen LogP contribution in [0.25, 0.3) is 10.9 Å². The Morgan fingerprint density at radius 3 is 2.67 bits per heavy atom. The summed E-state index contributed by atoms with van der Waals surface area (Å²) < 4.78 is 0. The SMILES string of the molecule is CCCCC(O)(CC)c1ccnc2ccccc12. The summed E-state index contributed by atoms with van der Waals surface area (Å²) in [5.74, 6) is 0. The van der Waals surface area contributed by atoms with Gasteiger partial charge in [0.2, 0.25) is 0 Å². The van der Waals surface area contributed by atoms with E-state index in [1.165, 1.54) is 0 Å². The minimum atomic E-state index is -0.724. The summed E-state index contributed by atoms with van der Waals surface area (Å²) in [4.78, 5) is 4.36. The molecule has 0 radical (unpaired) electrons. The van der Waals surface area contributed by atoms with Crippen molar-refractivity contribution in [2.24, 2.45) is 0 Å². The van der Waals surface area contributed by atoms with Crippen LogP contribution in [-0.4, -0.2) is 10.1 Å². The third kappa shape index (κ3) is 2.39. The van der Waals surface area contributed by atoms with Crippen molar-refractivity contribution in [3.63, 3.8) is 0 Å². The van der Waals surface area contributed by atoms with Crippen LogP contribution >= 0.6 is 0 Å². The van der Waals surface area contributed by atoms with E-state index in [4.69, 9.17) is 0 Å². The Labute approximate surface area is 109 Å². The normalized spacial score (nSPS) is 14.6. The Kier molecular flexibility index (Phi) is 3.97. The Bertz CT molecular complexity index is 518. The molecule has 0 spiro atoms. The zero-order valence-electron chi connectivity index (χ0n) is 11.2. The first-order valence-electron chi connectivity index (χ1n) is 6.78. The third-order valence-electron chi connectivity index (χ3n) is 3.68. The average Bonchev–Trinajstić information content (AvgIpc) is 2.44. The molecule has 2 heteroatoms. The smallest absolute Gasteiger partial charge is 0.0901 e. The molecule has 2 nitrogen and oxygen atoms in total. The number of unbranched alkanes of at least 4 members (excludes halogenated alkanes) is 1. The highest BCUT2D eigenvalue weighted by molar-refractivity contribution is 5.82. The summed E-state index contributed by atoms with van der Waals surface area (Å²) in [6.07, 6.45) is 5.49. The molecule has 18 heavy (non-hydrogen) atoms. The van der Waals surface area contributed by atoms with Crippen LogP contribution in [-0.2, 0) is 5.60 Å². The van der Waals surface area contributed by atoms with Crippen LogP contribution in [0.2, 0.25) is 0 Å². The number of pyridine rings is 1. The second-order valence-electron chi connectivity index (χ2n) is 4.86. The number of para-hydroxylation sites is 1. The van der Waals surface area contributed by atoms with Gasteiger partial charge in [0.1, 0.15) is 0 Å². The molecule has 0 aliphatic rings. The van der Waals surface area contributed by atoms with Crippen molar-refractivity contribution in [2.45, 2.75) is 45.1 Å². The van der Waals surface area contributed by atoms with Gasteiger partial charge in [0.15, 0.2) is 0 Å². The van der Waals surface area contributed by atoms with E-state index in [0.29, 0.717) is 0 Å². The molecule has 0 amide bonds. The first-order chi connectivity index (χ1) is 8.71. The fraction of sp³-hybridized carbons (Fsp3) is 0.438. The lowest BCUT2D eigenvalue weighted by atomic mass is 9.84. The number of fused-ring (bicyclic) bond motifs is 1. The fourth-order valence-corrected chi connectivity index (χ4v) is 2.47. The predicted molar refractivity (Wildman–Crippen MR) is 75.5 cm³/mol. The molecule has 1 N–H and O–H groups in total. The maximum atomic E-state index is 10.9. The summed E-state index contributed by atoms with van der Waals surface area (Å²) >= 11 is 0. The van der Waals surface area contributed by atoms with Gasteiger partial charge in [-0.3, -0.25) is 4.98 Å². The summed E-state index contributed by atoms with van der Waals surface area (Å²) in [5, 5.41) is 12.0. The monoisotopic (exact) mass is 243 g/mol. The average molecular weight is 243 g/mol. The molecule has 2 aromatic rings. The van der Waals surface area contributed by atoms with Gasteiger partial charge in [-0.25, -0.2) is 0 Å². The Morgan fingerprint density at radius 2 is 1.94 bits per heavy atom. The van der Waals surface area contributed by atoms with Crippen LogP contribution < -0.4 is 0 Å². The molecule has 0 saturated heterocycles. The lowest BCUT2D eigenvalue weighted by molar-refractivity contribution is 0.0226. The highest BCUT2D eigenvalue weighted by atomic mass is 16.3. The maximum Gasteiger partial charge on any atom is 0.0901 e. The van der Waals surface area contributed by atoms with Crippen molar-refractivity contribution in [1.29, 1.82) is 0 Å². The molecule has 0 aliphatic heterocycles. The zero-order valence-corrected chi connectivity index (χ0v) is 11.2. The first kappa shape index (κ1) is 13.0. The first-order valence-corrected chi connectivity index (χ1v) is 6.78. The highest BCUT2D eigenvalue weighted by Crippen LogP contribution is 2.34. The molecule has 1 aromatic carbocycles. The van der Waals surface area contributed by atoms with Crippen LogP contribution in [0.5, 0.6) is 0 Å². The standard InChI is InChI=1S/C16H21NO/c1-3-5-11-16(18,4-2)14-10-12-17-15-9-7-6-8-13(14)15/h6-10,12,18H,3-5,11H2,1-2H3. The van der Waals surface area contributed by atoms with Gasteiger partial charge in [0.25, 0.3) is 0 Å². The molecule has 0 bridgehead atoms. The van der Waals surface area contributed by atoms with Crippen molar-refractivity contribution in [2.75, 3.05) is 0 Å². The van der Waals surface area contributed by atoms with E-state index < -0.39 is 5.60 Å². The fourth-order valence-electron chi connectivity index (χ4n) is 2.47. The second-order valence-corrected chi connectivity index (χ2v) is 4.86. The summed E-state index contributed by atoms with van der Waals surface area (Å²) in [5.41, 5.74) is 1.25. The maximum absolute atomic E-state index is 10.9. The van der Waals surface area contributed by atoms with Crippen molar-refractivity contribution >= 4 is 10.9 Å². The van der Waals surface area contributed by atoms with E-state index in [1.807, 2.05) is 37.3 Å². The number of hydrogen-bond donors (Lipinski definition) is 1. The molecule has 0 fully saturated rings. The molecular formula is C16H21NO. The minimum Gasteiger partial charge on any atom is -0.385 e. The Morgan fingerprint density at radius 1 is 1.17 bits per heavy atom. The van der Waals surface area contributed by atoms with Crippen molar-refractivity contribution in [3.8, 4) is 0 Å². The molecule has 1 aromatic heterocycles. The lowest BCUT2D eigenvalue weighted by Crippen LogP contribution is -2.25. The number of nitrogens with zero attached hydrogens (tertiary/aromatic N) is 1. The molecule has 2 rings (SSSR count). The van der Waals surface area contributed by atoms with E-state index in [0.717, 1.165) is 42.1 Å². The topological polar surface area (TPSA) is 33.1 Å². The largest absolute Gasteiger partial charge is 0.385 e. The predicted octanol–water partition coefficient (Wildman–Crippen LogP) is 4.02. The van der Waals surface area contributed by atoms with Crippen LogP contribution in [0.3, 0.4) is 0 Å². The van der Waals surface area contributed by atoms with Crippen molar-refractivity contribution in [1.82, 2.24) is 4.98 Å². The number of rotatable bonds is 5. The van der Waals surface area contributed by atoms with Crippen LogP contribution in [0.1, 0.15) is 45.1 Å². The molecule has 1 atom stereocenters. The van der Waals surface area contributed by atoms with Gasteiger partial charge in [0.05, 0.1) is 11.1 Å². The van der Waals surface area contributed by atoms with Gasteiger partial charge in [-0.05, 0) is 30.5 Å². The third-order valence-corrected chi connectivity index (χ3v) is 3.68. The summed E-state index contributed by atoms with van der Waals surface area (Å²) in [6.45, 7) is 4.20. The summed E-state index contributed by atoms with van der Waals surface area (Å²) in [6, 6.07) is 9.99. The summed E-state index contributed by atoms with van der Waals surface area (Å²) in [7, 11) is 0. The number of aliphatic hydroxyl groups is 1. The molecule has 0 saturated carbocycles. The Balaban J connectivity index is 2.51. The number of benzene rings is 1.